The van der Waals surface area contributed by atoms with Gasteiger partial charge in [0.2, 0.25) is 0 Å². The van der Waals surface area contributed by atoms with E-state index in [1.807, 2.05) is 6.20 Å². The van der Waals surface area contributed by atoms with Gasteiger partial charge in [0.15, 0.2) is 5.82 Å². The van der Waals surface area contributed by atoms with Crippen molar-refractivity contribution in [3.8, 4) is 0 Å². The summed E-state index contributed by atoms with van der Waals surface area (Å²) in [6.07, 6.45) is 5.25. The molecule has 6 nitrogen and oxygen atoms in total. The second kappa shape index (κ2) is 5.87. The largest absolute Gasteiger partial charge is 0.352 e. The van der Waals surface area contributed by atoms with Crippen molar-refractivity contribution in [3.05, 3.63) is 36.4 Å². The summed E-state index contributed by atoms with van der Waals surface area (Å²) in [5.41, 5.74) is 1.06. The molecule has 1 aliphatic rings. The Labute approximate surface area is 131 Å². The zero-order valence-electron chi connectivity index (χ0n) is 13.4. The van der Waals surface area contributed by atoms with Gasteiger partial charge < -0.3 is 9.80 Å². The minimum atomic E-state index is 0.0379. The first-order valence-electron chi connectivity index (χ1n) is 7.64. The van der Waals surface area contributed by atoms with Crippen LogP contribution >= 0.6 is 0 Å². The first-order chi connectivity index (χ1) is 10.5. The van der Waals surface area contributed by atoms with Gasteiger partial charge in [-0.05, 0) is 12.1 Å². The molecule has 2 aromatic rings. The summed E-state index contributed by atoms with van der Waals surface area (Å²) in [7, 11) is 0. The molecule has 1 aliphatic heterocycles. The lowest BCUT2D eigenvalue weighted by Gasteiger charge is -2.35. The fraction of sp³-hybridized carbons (Fsp3) is 0.500. The van der Waals surface area contributed by atoms with Crippen molar-refractivity contribution in [2.75, 3.05) is 36.0 Å². The Morgan fingerprint density at radius 2 is 1.55 bits per heavy atom. The minimum Gasteiger partial charge on any atom is -0.352 e. The maximum atomic E-state index is 4.40. The predicted molar refractivity (Wildman–Crippen MR) is 87.2 cm³/mol. The van der Waals surface area contributed by atoms with Crippen LogP contribution in [0.2, 0.25) is 0 Å². The number of hydrogen-bond acceptors (Lipinski definition) is 6. The highest BCUT2D eigenvalue weighted by atomic mass is 15.3. The number of rotatable bonds is 2. The smallest absolute Gasteiger partial charge is 0.151 e. The highest BCUT2D eigenvalue weighted by molar-refractivity contribution is 5.43. The Balaban J connectivity index is 1.64. The van der Waals surface area contributed by atoms with Crippen LogP contribution in [0.25, 0.3) is 0 Å². The van der Waals surface area contributed by atoms with Crippen molar-refractivity contribution >= 4 is 11.6 Å². The Kier molecular flexibility index (Phi) is 3.92. The predicted octanol–water partition coefficient (Wildman–Crippen LogP) is 1.89. The lowest BCUT2D eigenvalue weighted by Crippen LogP contribution is -2.47. The summed E-state index contributed by atoms with van der Waals surface area (Å²) < 4.78 is 0. The topological polar surface area (TPSA) is 58.0 Å². The molecule has 0 atom stereocenters. The van der Waals surface area contributed by atoms with Crippen LogP contribution in [0.4, 0.5) is 11.6 Å². The second-order valence-electron chi connectivity index (χ2n) is 6.56. The summed E-state index contributed by atoms with van der Waals surface area (Å²) in [4.78, 5) is 13.0. The third kappa shape index (κ3) is 3.16. The highest BCUT2D eigenvalue weighted by Crippen LogP contribution is 2.21. The Morgan fingerprint density at radius 3 is 2.05 bits per heavy atom. The molecule has 0 amide bonds. The van der Waals surface area contributed by atoms with Crippen LogP contribution in [-0.2, 0) is 5.41 Å². The molecule has 1 fully saturated rings. The van der Waals surface area contributed by atoms with Gasteiger partial charge in [-0.1, -0.05) is 20.8 Å². The lowest BCUT2D eigenvalue weighted by molar-refractivity contribution is 0.556. The Hall–Kier alpha value is -2.24. The molecule has 0 bridgehead atoms. The second-order valence-corrected chi connectivity index (χ2v) is 6.56. The molecule has 0 N–H and O–H groups in total. The average molecular weight is 298 g/mol. The first kappa shape index (κ1) is 14.7. The zero-order chi connectivity index (χ0) is 15.6. The minimum absolute atomic E-state index is 0.0379. The van der Waals surface area contributed by atoms with E-state index in [0.717, 1.165) is 43.5 Å². The highest BCUT2D eigenvalue weighted by Gasteiger charge is 2.21. The molecule has 0 spiro atoms. The molecule has 0 saturated carbocycles. The van der Waals surface area contributed by atoms with E-state index in [9.17, 15) is 0 Å². The van der Waals surface area contributed by atoms with Crippen molar-refractivity contribution < 1.29 is 0 Å². The van der Waals surface area contributed by atoms with E-state index in [-0.39, 0.29) is 5.41 Å². The van der Waals surface area contributed by atoms with Gasteiger partial charge in [0.1, 0.15) is 5.82 Å². The Bertz CT molecular complexity index is 597. The molecule has 3 rings (SSSR count). The third-order valence-electron chi connectivity index (χ3n) is 3.90. The number of piperazine rings is 1. The van der Waals surface area contributed by atoms with Gasteiger partial charge in [0, 0.05) is 44.0 Å². The van der Waals surface area contributed by atoms with Crippen LogP contribution in [0.3, 0.4) is 0 Å². The molecule has 0 unspecified atom stereocenters. The van der Waals surface area contributed by atoms with Crippen LogP contribution in [0.1, 0.15) is 26.5 Å². The normalized spacial score (nSPS) is 16.0. The Morgan fingerprint density at radius 1 is 0.864 bits per heavy atom. The number of anilines is 2. The van der Waals surface area contributed by atoms with Crippen LogP contribution in [0, 0.1) is 0 Å². The number of aromatic nitrogens is 4. The maximum Gasteiger partial charge on any atom is 0.151 e. The summed E-state index contributed by atoms with van der Waals surface area (Å²) in [5.74, 6) is 1.89. The van der Waals surface area contributed by atoms with Crippen molar-refractivity contribution in [1.29, 1.82) is 0 Å². The molecular weight excluding hydrogens is 276 g/mol. The van der Waals surface area contributed by atoms with Gasteiger partial charge >= 0.3 is 0 Å². The molecule has 0 aromatic carbocycles. The molecule has 6 heteroatoms. The monoisotopic (exact) mass is 298 g/mol. The van der Waals surface area contributed by atoms with Gasteiger partial charge in [-0.25, -0.2) is 4.98 Å². The number of hydrogen-bond donors (Lipinski definition) is 0. The molecule has 0 radical (unpaired) electrons. The standard InChI is InChI=1S/C16H22N6/c1-16(2,3)13-4-5-14(20-19-13)21-8-10-22(11-9-21)15-12-17-6-7-18-15/h4-7,12H,8-11H2,1-3H3. The van der Waals surface area contributed by atoms with Crippen LogP contribution in [-0.4, -0.2) is 46.3 Å². The molecular formula is C16H22N6. The molecule has 3 heterocycles. The summed E-state index contributed by atoms with van der Waals surface area (Å²) in [6.45, 7) is 10.1. The van der Waals surface area contributed by atoms with Crippen LogP contribution < -0.4 is 9.80 Å². The van der Waals surface area contributed by atoms with Crippen molar-refractivity contribution in [1.82, 2.24) is 20.2 Å². The molecule has 0 aliphatic carbocycles. The lowest BCUT2D eigenvalue weighted by atomic mass is 9.92. The van der Waals surface area contributed by atoms with E-state index in [2.05, 4.69) is 62.9 Å². The van der Waals surface area contributed by atoms with E-state index in [4.69, 9.17) is 0 Å². The van der Waals surface area contributed by atoms with Gasteiger partial charge in [-0.2, -0.15) is 5.10 Å². The SMILES string of the molecule is CC(C)(C)c1ccc(N2CCN(c3cnccn3)CC2)nn1. The average Bonchev–Trinajstić information content (AvgIpc) is 2.55. The van der Waals surface area contributed by atoms with Gasteiger partial charge in [-0.15, -0.1) is 5.10 Å². The molecule has 1 saturated heterocycles. The van der Waals surface area contributed by atoms with Crippen molar-refractivity contribution in [3.63, 3.8) is 0 Å². The summed E-state index contributed by atoms with van der Waals surface area (Å²) >= 11 is 0. The van der Waals surface area contributed by atoms with Gasteiger partial charge in [0.05, 0.1) is 11.9 Å². The molecule has 22 heavy (non-hydrogen) atoms. The van der Waals surface area contributed by atoms with E-state index in [0.29, 0.717) is 0 Å². The number of nitrogens with zero attached hydrogens (tertiary/aromatic N) is 6. The zero-order valence-corrected chi connectivity index (χ0v) is 13.4. The van der Waals surface area contributed by atoms with Gasteiger partial charge in [0.25, 0.3) is 0 Å². The van der Waals surface area contributed by atoms with Crippen LogP contribution in [0.5, 0.6) is 0 Å². The van der Waals surface area contributed by atoms with E-state index >= 15 is 0 Å². The quantitative estimate of drug-likeness (QED) is 0.844. The van der Waals surface area contributed by atoms with E-state index in [1.165, 1.54) is 0 Å². The maximum absolute atomic E-state index is 4.40. The summed E-state index contributed by atoms with van der Waals surface area (Å²) in [6, 6.07) is 4.16. The summed E-state index contributed by atoms with van der Waals surface area (Å²) in [5, 5.41) is 8.77. The van der Waals surface area contributed by atoms with E-state index in [1.54, 1.807) is 12.4 Å². The van der Waals surface area contributed by atoms with Gasteiger partial charge in [-0.3, -0.25) is 4.98 Å². The fourth-order valence-electron chi connectivity index (χ4n) is 2.51. The molecule has 2 aromatic heterocycles. The molecule has 116 valence electrons. The van der Waals surface area contributed by atoms with E-state index < -0.39 is 0 Å². The van der Waals surface area contributed by atoms with Crippen molar-refractivity contribution in [2.45, 2.75) is 26.2 Å². The first-order valence-corrected chi connectivity index (χ1v) is 7.64. The van der Waals surface area contributed by atoms with Crippen LogP contribution in [0.15, 0.2) is 30.7 Å². The fourth-order valence-corrected chi connectivity index (χ4v) is 2.51. The van der Waals surface area contributed by atoms with Crippen molar-refractivity contribution in [2.24, 2.45) is 0 Å². The third-order valence-corrected chi connectivity index (χ3v) is 3.90.